The highest BCUT2D eigenvalue weighted by Gasteiger charge is 2.07. The van der Waals surface area contributed by atoms with E-state index in [9.17, 15) is 0 Å². The predicted octanol–water partition coefficient (Wildman–Crippen LogP) is -0.0134. The minimum atomic E-state index is 0.894. The van der Waals surface area contributed by atoms with Crippen LogP contribution in [0.3, 0.4) is 0 Å². The number of rotatable bonds is 0. The van der Waals surface area contributed by atoms with Gasteiger partial charge in [0.1, 0.15) is 0 Å². The highest BCUT2D eigenvalue weighted by Crippen LogP contribution is 2.05. The second kappa shape index (κ2) is 1.47. The van der Waals surface area contributed by atoms with Crippen molar-refractivity contribution in [2.45, 2.75) is 0 Å². The summed E-state index contributed by atoms with van der Waals surface area (Å²) >= 11 is 1.51. The normalized spacial score (nSPS) is 21.0. The van der Waals surface area contributed by atoms with Gasteiger partial charge in [0.25, 0.3) is 0 Å². The number of nitrogens with two attached hydrogens (primary N) is 1. The number of hydrazine groups is 1. The first kappa shape index (κ1) is 3.92. The number of nitrogens with zero attached hydrogens (tertiary/aromatic N) is 2. The third-order valence-electron chi connectivity index (χ3n) is 0.574. The Balaban J connectivity index is 2.45. The van der Waals surface area contributed by atoms with Gasteiger partial charge in [-0.25, -0.2) is 0 Å². The lowest BCUT2D eigenvalue weighted by Crippen LogP contribution is -2.14. The fraction of sp³-hybridized carbons (Fsp3) is 1.00. The number of hydrogen-bond donors (Lipinski definition) is 1. The Morgan fingerprint density at radius 3 is 2.83 bits per heavy atom. The minimum absolute atomic E-state index is 0.894. The zero-order valence-electron chi connectivity index (χ0n) is 3.29. The maximum Gasteiger partial charge on any atom is 0.211 e. The van der Waals surface area contributed by atoms with Crippen LogP contribution in [0.4, 0.5) is 0 Å². The minimum Gasteiger partial charge on any atom is -0.186 e. The fourth-order valence-corrected chi connectivity index (χ4v) is 0.870. The van der Waals surface area contributed by atoms with Crippen LogP contribution in [0.2, 0.25) is 0 Å². The Labute approximate surface area is 40.3 Å². The quantitative estimate of drug-likeness (QED) is 0.267. The molecule has 3 nitrogen and oxygen atoms in total. The molecular formula is C2H6N3S+. The molecule has 0 aromatic heterocycles. The van der Waals surface area contributed by atoms with Gasteiger partial charge in [-0.05, 0) is 4.81 Å². The van der Waals surface area contributed by atoms with Crippen molar-refractivity contribution in [2.75, 3.05) is 12.3 Å². The van der Waals surface area contributed by atoms with Crippen molar-refractivity contribution in [3.63, 3.8) is 0 Å². The monoisotopic (exact) mass is 104 g/mol. The van der Waals surface area contributed by atoms with Crippen LogP contribution in [0.25, 0.3) is 0 Å². The van der Waals surface area contributed by atoms with Crippen LogP contribution in [0.5, 0.6) is 0 Å². The van der Waals surface area contributed by atoms with E-state index in [0.717, 1.165) is 12.3 Å². The molecule has 0 aromatic rings. The molecule has 0 fully saturated rings. The average molecular weight is 104 g/mol. The molecule has 0 spiro atoms. The highest BCUT2D eigenvalue weighted by molar-refractivity contribution is 7.97. The molecule has 6 heavy (non-hydrogen) atoms. The van der Waals surface area contributed by atoms with Crippen LogP contribution < -0.4 is 5.84 Å². The third-order valence-corrected chi connectivity index (χ3v) is 1.26. The zero-order valence-corrected chi connectivity index (χ0v) is 4.11. The van der Waals surface area contributed by atoms with Crippen LogP contribution in [0.1, 0.15) is 0 Å². The summed E-state index contributed by atoms with van der Waals surface area (Å²) in [6.45, 7) is 0.894. The molecule has 34 valence electrons. The molecule has 1 aliphatic rings. The standard InChI is InChI=1S/C2H6N3S/c3-5-1-2-6-4-5/h1-2H2,(H2,3,4)/q+1. The van der Waals surface area contributed by atoms with Gasteiger partial charge in [-0.15, -0.1) is 0 Å². The van der Waals surface area contributed by atoms with E-state index in [-0.39, 0.29) is 0 Å². The van der Waals surface area contributed by atoms with Gasteiger partial charge in [0.05, 0.1) is 22.2 Å². The Kier molecular flexibility index (Phi) is 0.959. The molecule has 0 saturated carbocycles. The Hall–Kier alpha value is -0.250. The molecule has 1 rings (SSSR count). The van der Waals surface area contributed by atoms with Crippen LogP contribution >= 0.6 is 11.9 Å². The first-order valence-electron chi connectivity index (χ1n) is 1.75. The summed E-state index contributed by atoms with van der Waals surface area (Å²) in [5.41, 5.74) is 0. The average Bonchev–Trinajstić information content (AvgIpc) is 1.86. The van der Waals surface area contributed by atoms with Crippen molar-refractivity contribution in [3.05, 3.63) is 0 Å². The van der Waals surface area contributed by atoms with Gasteiger partial charge in [-0.3, -0.25) is 0 Å². The summed E-state index contributed by atoms with van der Waals surface area (Å²) in [6, 6.07) is 0. The summed E-state index contributed by atoms with van der Waals surface area (Å²) in [4.78, 5) is 1.45. The van der Waals surface area contributed by atoms with E-state index in [1.54, 1.807) is 0 Å². The van der Waals surface area contributed by atoms with E-state index in [1.165, 1.54) is 16.8 Å². The van der Waals surface area contributed by atoms with Gasteiger partial charge in [-0.1, -0.05) is 0 Å². The molecule has 0 aromatic carbocycles. The Bertz CT molecular complexity index is 78.9. The summed E-state index contributed by atoms with van der Waals surface area (Å²) in [5, 5.41) is 0. The maximum atomic E-state index is 5.18. The Morgan fingerprint density at radius 2 is 2.67 bits per heavy atom. The van der Waals surface area contributed by atoms with E-state index < -0.39 is 0 Å². The molecule has 4 heteroatoms. The van der Waals surface area contributed by atoms with E-state index in [2.05, 4.69) is 4.52 Å². The van der Waals surface area contributed by atoms with Gasteiger partial charge >= 0.3 is 0 Å². The van der Waals surface area contributed by atoms with Gasteiger partial charge < -0.3 is 0 Å². The molecule has 2 N–H and O–H groups in total. The first-order chi connectivity index (χ1) is 2.89. The van der Waals surface area contributed by atoms with Crippen molar-refractivity contribution in [3.8, 4) is 0 Å². The second-order valence-corrected chi connectivity index (χ2v) is 1.91. The van der Waals surface area contributed by atoms with Crippen LogP contribution in [-0.2, 0) is 0 Å². The smallest absolute Gasteiger partial charge is 0.186 e. The summed E-state index contributed by atoms with van der Waals surface area (Å²) < 4.78 is 3.76. The van der Waals surface area contributed by atoms with Crippen LogP contribution in [0.15, 0.2) is 4.52 Å². The van der Waals surface area contributed by atoms with Crippen molar-refractivity contribution < 1.29 is 4.81 Å². The van der Waals surface area contributed by atoms with Crippen molar-refractivity contribution >= 4 is 11.9 Å². The van der Waals surface area contributed by atoms with Crippen molar-refractivity contribution in [2.24, 2.45) is 10.4 Å². The summed E-state index contributed by atoms with van der Waals surface area (Å²) in [7, 11) is 0. The van der Waals surface area contributed by atoms with Crippen molar-refractivity contribution in [1.29, 1.82) is 0 Å². The molecule has 0 amide bonds. The summed E-state index contributed by atoms with van der Waals surface area (Å²) in [5.74, 6) is 6.22. The molecular weight excluding hydrogens is 98.1 g/mol. The SMILES string of the molecule is N[N+]1=NSCC1. The molecule has 0 radical (unpaired) electrons. The summed E-state index contributed by atoms with van der Waals surface area (Å²) in [6.07, 6.45) is 0. The fourth-order valence-electron chi connectivity index (χ4n) is 0.290. The third kappa shape index (κ3) is 0.622. The highest BCUT2D eigenvalue weighted by atomic mass is 32.2. The molecule has 1 aliphatic heterocycles. The number of hydrogen-bond acceptors (Lipinski definition) is 3. The second-order valence-electron chi connectivity index (χ2n) is 1.08. The van der Waals surface area contributed by atoms with Crippen LogP contribution in [0, 0.1) is 0 Å². The molecule has 0 unspecified atom stereocenters. The molecule has 1 heterocycles. The topological polar surface area (TPSA) is 41.4 Å². The van der Waals surface area contributed by atoms with Crippen LogP contribution in [-0.4, -0.2) is 17.1 Å². The lowest BCUT2D eigenvalue weighted by molar-refractivity contribution is -0.587. The molecule has 0 atom stereocenters. The zero-order chi connectivity index (χ0) is 4.41. The molecule has 0 bridgehead atoms. The maximum absolute atomic E-state index is 5.18. The lowest BCUT2D eigenvalue weighted by atomic mass is 10.8. The van der Waals surface area contributed by atoms with E-state index in [0.29, 0.717) is 0 Å². The Morgan fingerprint density at radius 1 is 1.83 bits per heavy atom. The van der Waals surface area contributed by atoms with Crippen molar-refractivity contribution in [1.82, 2.24) is 0 Å². The lowest BCUT2D eigenvalue weighted by Gasteiger charge is -1.69. The molecule has 0 saturated heterocycles. The van der Waals surface area contributed by atoms with E-state index in [1.807, 2.05) is 0 Å². The van der Waals surface area contributed by atoms with E-state index in [4.69, 9.17) is 5.84 Å². The van der Waals surface area contributed by atoms with Gasteiger partial charge in [0.2, 0.25) is 6.54 Å². The van der Waals surface area contributed by atoms with Gasteiger partial charge in [0, 0.05) is 0 Å². The first-order valence-corrected chi connectivity index (χ1v) is 2.69. The predicted molar refractivity (Wildman–Crippen MR) is 24.2 cm³/mol. The largest absolute Gasteiger partial charge is 0.211 e. The van der Waals surface area contributed by atoms with E-state index >= 15 is 0 Å². The molecule has 0 aliphatic carbocycles. The van der Waals surface area contributed by atoms with Gasteiger partial charge in [0.15, 0.2) is 0 Å². The van der Waals surface area contributed by atoms with Gasteiger partial charge in [-0.2, -0.15) is 5.84 Å².